The van der Waals surface area contributed by atoms with Gasteiger partial charge in [0.25, 0.3) is 0 Å². The molecule has 1 amide bonds. The molecule has 2 heterocycles. The summed E-state index contributed by atoms with van der Waals surface area (Å²) in [5.41, 5.74) is 6.03. The Kier molecular flexibility index (Phi) is 11.5. The summed E-state index contributed by atoms with van der Waals surface area (Å²) in [6.45, 7) is 5.48. The van der Waals surface area contributed by atoms with Crippen molar-refractivity contribution in [3.05, 3.63) is 0 Å². The van der Waals surface area contributed by atoms with Gasteiger partial charge in [0.2, 0.25) is 5.91 Å². The first-order chi connectivity index (χ1) is 9.27. The molecular weight excluding hydrogens is 313 g/mol. The lowest BCUT2D eigenvalue weighted by atomic mass is 9.92. The van der Waals surface area contributed by atoms with Crippen LogP contribution in [0.2, 0.25) is 0 Å². The quantitative estimate of drug-likeness (QED) is 0.788. The third-order valence-corrected chi connectivity index (χ3v) is 4.25. The van der Waals surface area contributed by atoms with Crippen LogP contribution in [0.3, 0.4) is 0 Å². The van der Waals surface area contributed by atoms with E-state index < -0.39 is 0 Å². The standard InChI is InChI=1S/C14H27N3O2.2ClH/c15-13(12-4-10-19-11-5-12)14(18)16-6-9-17-7-2-1-3-8-17;;/h12-13H,1-11,15H2,(H,16,18);2*1H. The highest BCUT2D eigenvalue weighted by molar-refractivity contribution is 5.85. The van der Waals surface area contributed by atoms with Gasteiger partial charge in [0.05, 0.1) is 6.04 Å². The molecule has 126 valence electrons. The normalized spacial score (nSPS) is 21.8. The number of piperidine rings is 1. The number of carbonyl (C=O) groups is 1. The molecule has 0 aliphatic carbocycles. The van der Waals surface area contributed by atoms with E-state index >= 15 is 0 Å². The molecule has 2 saturated heterocycles. The number of likely N-dealkylation sites (tertiary alicyclic amines) is 1. The van der Waals surface area contributed by atoms with E-state index in [0.29, 0.717) is 0 Å². The zero-order chi connectivity index (χ0) is 13.5. The van der Waals surface area contributed by atoms with E-state index in [4.69, 9.17) is 10.5 Å². The van der Waals surface area contributed by atoms with Gasteiger partial charge in [-0.05, 0) is 44.7 Å². The Morgan fingerprint density at radius 1 is 1.19 bits per heavy atom. The molecule has 0 aromatic carbocycles. The first-order valence-electron chi connectivity index (χ1n) is 7.61. The van der Waals surface area contributed by atoms with Crippen LogP contribution in [0.25, 0.3) is 0 Å². The van der Waals surface area contributed by atoms with Gasteiger partial charge < -0.3 is 20.7 Å². The van der Waals surface area contributed by atoms with Crippen molar-refractivity contribution >= 4 is 30.7 Å². The zero-order valence-corrected chi connectivity index (χ0v) is 14.2. The maximum absolute atomic E-state index is 12.0. The average Bonchev–Trinajstić information content (AvgIpc) is 2.48. The van der Waals surface area contributed by atoms with Crippen LogP contribution in [0.1, 0.15) is 32.1 Å². The number of nitrogens with two attached hydrogens (primary N) is 1. The molecule has 0 radical (unpaired) electrons. The second kappa shape index (κ2) is 11.5. The molecule has 0 bridgehead atoms. The fourth-order valence-corrected chi connectivity index (χ4v) is 2.93. The highest BCUT2D eigenvalue weighted by Gasteiger charge is 2.26. The van der Waals surface area contributed by atoms with Gasteiger partial charge in [-0.2, -0.15) is 0 Å². The fourth-order valence-electron chi connectivity index (χ4n) is 2.93. The largest absolute Gasteiger partial charge is 0.381 e. The second-order valence-corrected chi connectivity index (χ2v) is 5.67. The minimum absolute atomic E-state index is 0. The Balaban J connectivity index is 0.00000200. The lowest BCUT2D eigenvalue weighted by Gasteiger charge is -2.28. The van der Waals surface area contributed by atoms with Crippen LogP contribution in [0, 0.1) is 5.92 Å². The molecule has 2 aliphatic rings. The van der Waals surface area contributed by atoms with E-state index in [1.54, 1.807) is 0 Å². The van der Waals surface area contributed by atoms with Crippen molar-refractivity contribution in [1.82, 2.24) is 10.2 Å². The first-order valence-corrected chi connectivity index (χ1v) is 7.61. The summed E-state index contributed by atoms with van der Waals surface area (Å²) >= 11 is 0. The van der Waals surface area contributed by atoms with Crippen LogP contribution in [-0.2, 0) is 9.53 Å². The molecule has 5 nitrogen and oxygen atoms in total. The highest BCUT2D eigenvalue weighted by atomic mass is 35.5. The van der Waals surface area contributed by atoms with Gasteiger partial charge in [0, 0.05) is 26.3 Å². The third-order valence-electron chi connectivity index (χ3n) is 4.25. The summed E-state index contributed by atoms with van der Waals surface area (Å²) in [7, 11) is 0. The Hall–Kier alpha value is -0.0700. The van der Waals surface area contributed by atoms with Gasteiger partial charge >= 0.3 is 0 Å². The van der Waals surface area contributed by atoms with Crippen molar-refractivity contribution in [1.29, 1.82) is 0 Å². The Bertz CT molecular complexity index is 283. The van der Waals surface area contributed by atoms with Gasteiger partial charge in [0.15, 0.2) is 0 Å². The van der Waals surface area contributed by atoms with Gasteiger partial charge in [-0.1, -0.05) is 6.42 Å². The maximum Gasteiger partial charge on any atom is 0.237 e. The maximum atomic E-state index is 12.0. The number of amides is 1. The predicted molar refractivity (Wildman–Crippen MR) is 89.3 cm³/mol. The van der Waals surface area contributed by atoms with Crippen molar-refractivity contribution in [2.24, 2.45) is 11.7 Å². The summed E-state index contributed by atoms with van der Waals surface area (Å²) in [5.74, 6) is 0.285. The molecular formula is C14H29Cl2N3O2. The number of hydrogen-bond donors (Lipinski definition) is 2. The molecule has 0 aromatic rings. The Labute approximate surface area is 140 Å². The smallest absolute Gasteiger partial charge is 0.237 e. The predicted octanol–water partition coefficient (Wildman–Crippen LogP) is 1.19. The SMILES string of the molecule is Cl.Cl.NC(C(=O)NCCN1CCCCC1)C1CCOCC1. The van der Waals surface area contributed by atoms with E-state index in [1.807, 2.05) is 0 Å². The number of hydrogen-bond acceptors (Lipinski definition) is 4. The number of halogens is 2. The van der Waals surface area contributed by atoms with Crippen LogP contribution >= 0.6 is 24.8 Å². The monoisotopic (exact) mass is 341 g/mol. The van der Waals surface area contributed by atoms with Crippen molar-refractivity contribution in [2.75, 3.05) is 39.4 Å². The van der Waals surface area contributed by atoms with Crippen molar-refractivity contribution in [2.45, 2.75) is 38.1 Å². The molecule has 0 spiro atoms. The molecule has 1 unspecified atom stereocenters. The average molecular weight is 342 g/mol. The number of carbonyl (C=O) groups excluding carboxylic acids is 1. The van der Waals surface area contributed by atoms with Crippen LogP contribution < -0.4 is 11.1 Å². The summed E-state index contributed by atoms with van der Waals surface area (Å²) in [6, 6.07) is -0.370. The number of ether oxygens (including phenoxy) is 1. The Morgan fingerprint density at radius 3 is 2.43 bits per heavy atom. The molecule has 2 aliphatic heterocycles. The third kappa shape index (κ3) is 7.15. The van der Waals surface area contributed by atoms with Crippen molar-refractivity contribution in [3.8, 4) is 0 Å². The lowest BCUT2D eigenvalue weighted by Crippen LogP contribution is -2.48. The van der Waals surface area contributed by atoms with E-state index in [0.717, 1.165) is 39.1 Å². The summed E-state index contributed by atoms with van der Waals surface area (Å²) < 4.78 is 5.30. The van der Waals surface area contributed by atoms with E-state index in [-0.39, 0.29) is 42.7 Å². The number of rotatable bonds is 5. The molecule has 2 rings (SSSR count). The first kappa shape index (κ1) is 20.9. The fraction of sp³-hybridized carbons (Fsp3) is 0.929. The van der Waals surface area contributed by atoms with Gasteiger partial charge in [0.1, 0.15) is 0 Å². The number of nitrogens with zero attached hydrogens (tertiary/aromatic N) is 1. The van der Waals surface area contributed by atoms with Crippen LogP contribution in [0.4, 0.5) is 0 Å². The van der Waals surface area contributed by atoms with E-state index in [9.17, 15) is 4.79 Å². The molecule has 0 aromatic heterocycles. The molecule has 1 atom stereocenters. The topological polar surface area (TPSA) is 67.6 Å². The molecule has 3 N–H and O–H groups in total. The summed E-state index contributed by atoms with van der Waals surface area (Å²) in [4.78, 5) is 14.4. The lowest BCUT2D eigenvalue weighted by molar-refractivity contribution is -0.124. The second-order valence-electron chi connectivity index (χ2n) is 5.67. The van der Waals surface area contributed by atoms with Gasteiger partial charge in [-0.15, -0.1) is 24.8 Å². The van der Waals surface area contributed by atoms with Crippen LogP contribution in [-0.4, -0.2) is 56.2 Å². The van der Waals surface area contributed by atoms with Crippen molar-refractivity contribution < 1.29 is 9.53 Å². The summed E-state index contributed by atoms with van der Waals surface area (Å²) in [6.07, 6.45) is 5.73. The Morgan fingerprint density at radius 2 is 1.81 bits per heavy atom. The molecule has 0 saturated carbocycles. The molecule has 2 fully saturated rings. The van der Waals surface area contributed by atoms with Gasteiger partial charge in [-0.25, -0.2) is 0 Å². The van der Waals surface area contributed by atoms with Gasteiger partial charge in [-0.3, -0.25) is 4.79 Å². The van der Waals surface area contributed by atoms with E-state index in [2.05, 4.69) is 10.2 Å². The van der Waals surface area contributed by atoms with Crippen LogP contribution in [0.15, 0.2) is 0 Å². The molecule has 7 heteroatoms. The minimum atomic E-state index is -0.370. The van der Waals surface area contributed by atoms with E-state index in [1.165, 1.54) is 32.4 Å². The zero-order valence-electron chi connectivity index (χ0n) is 12.6. The minimum Gasteiger partial charge on any atom is -0.381 e. The van der Waals surface area contributed by atoms with Crippen LogP contribution in [0.5, 0.6) is 0 Å². The summed E-state index contributed by atoms with van der Waals surface area (Å²) in [5, 5.41) is 2.98. The highest BCUT2D eigenvalue weighted by Crippen LogP contribution is 2.17. The number of nitrogens with one attached hydrogen (secondary N) is 1. The van der Waals surface area contributed by atoms with Crippen molar-refractivity contribution in [3.63, 3.8) is 0 Å². The molecule has 21 heavy (non-hydrogen) atoms.